The van der Waals surface area contributed by atoms with Gasteiger partial charge in [0.2, 0.25) is 0 Å². The molecule has 0 atom stereocenters. The van der Waals surface area contributed by atoms with Gasteiger partial charge in [0.25, 0.3) is 0 Å². The van der Waals surface area contributed by atoms with Gasteiger partial charge in [0.05, 0.1) is 7.11 Å². The van der Waals surface area contributed by atoms with Crippen molar-refractivity contribution in [3.8, 4) is 16.9 Å². The maximum atomic E-state index is 5.64. The van der Waals surface area contributed by atoms with Crippen LogP contribution in [0.25, 0.3) is 11.1 Å². The Bertz CT molecular complexity index is 454. The zero-order valence-electron chi connectivity index (χ0n) is 8.47. The van der Waals surface area contributed by atoms with Crippen molar-refractivity contribution < 1.29 is 4.74 Å². The molecule has 0 radical (unpaired) electrons. The van der Waals surface area contributed by atoms with E-state index >= 15 is 0 Å². The average molecular weight is 200 g/mol. The third kappa shape index (κ3) is 1.91. The van der Waals surface area contributed by atoms with Crippen molar-refractivity contribution in [2.75, 3.05) is 12.8 Å². The molecule has 3 nitrogen and oxygen atoms in total. The monoisotopic (exact) mass is 200 g/mol. The van der Waals surface area contributed by atoms with Crippen molar-refractivity contribution in [1.82, 2.24) is 4.98 Å². The lowest BCUT2D eigenvalue weighted by molar-refractivity contribution is 0.415. The molecule has 1 heterocycles. The van der Waals surface area contributed by atoms with Gasteiger partial charge in [-0.1, -0.05) is 30.3 Å². The first kappa shape index (κ1) is 9.52. The molecule has 0 aliphatic carbocycles. The highest BCUT2D eigenvalue weighted by molar-refractivity contribution is 5.66. The van der Waals surface area contributed by atoms with Crippen LogP contribution in [0.1, 0.15) is 0 Å². The molecule has 1 aromatic carbocycles. The van der Waals surface area contributed by atoms with Gasteiger partial charge in [0, 0.05) is 11.8 Å². The minimum absolute atomic E-state index is 0.414. The highest BCUT2D eigenvalue weighted by atomic mass is 16.5. The van der Waals surface area contributed by atoms with Crippen LogP contribution in [0.4, 0.5) is 5.82 Å². The Labute approximate surface area is 88.5 Å². The standard InChI is InChI=1S/C12H12N2O/c1-15-11-7-10(8-14-12(11)13)9-5-3-2-4-6-9/h2-8H,1H3,(H2,13,14). The molecule has 1 aromatic heterocycles. The summed E-state index contributed by atoms with van der Waals surface area (Å²) in [7, 11) is 1.59. The lowest BCUT2D eigenvalue weighted by Crippen LogP contribution is -1.95. The maximum absolute atomic E-state index is 5.64. The molecule has 0 aliphatic rings. The van der Waals surface area contributed by atoms with Crippen LogP contribution >= 0.6 is 0 Å². The van der Waals surface area contributed by atoms with Gasteiger partial charge in [-0.3, -0.25) is 0 Å². The van der Waals surface area contributed by atoms with E-state index in [-0.39, 0.29) is 0 Å². The van der Waals surface area contributed by atoms with Crippen molar-refractivity contribution in [3.05, 3.63) is 42.6 Å². The lowest BCUT2D eigenvalue weighted by atomic mass is 10.1. The zero-order valence-corrected chi connectivity index (χ0v) is 8.47. The van der Waals surface area contributed by atoms with Crippen LogP contribution in [0, 0.1) is 0 Å². The molecule has 0 bridgehead atoms. The first-order valence-electron chi connectivity index (χ1n) is 4.66. The van der Waals surface area contributed by atoms with Gasteiger partial charge in [0.1, 0.15) is 0 Å². The number of rotatable bonds is 2. The summed E-state index contributed by atoms with van der Waals surface area (Å²) in [6, 6.07) is 11.9. The van der Waals surface area contributed by atoms with E-state index in [1.54, 1.807) is 13.3 Å². The van der Waals surface area contributed by atoms with Crippen molar-refractivity contribution >= 4 is 5.82 Å². The number of benzene rings is 1. The van der Waals surface area contributed by atoms with Crippen molar-refractivity contribution in [1.29, 1.82) is 0 Å². The predicted octanol–water partition coefficient (Wildman–Crippen LogP) is 2.34. The Hall–Kier alpha value is -2.03. The minimum atomic E-state index is 0.414. The summed E-state index contributed by atoms with van der Waals surface area (Å²) in [5.41, 5.74) is 7.74. The minimum Gasteiger partial charge on any atom is -0.493 e. The predicted molar refractivity (Wildman–Crippen MR) is 60.6 cm³/mol. The Morgan fingerprint density at radius 1 is 1.13 bits per heavy atom. The maximum Gasteiger partial charge on any atom is 0.166 e. The SMILES string of the molecule is COc1cc(-c2ccccc2)cnc1N. The molecule has 0 aliphatic heterocycles. The van der Waals surface area contributed by atoms with E-state index in [4.69, 9.17) is 10.5 Å². The smallest absolute Gasteiger partial charge is 0.166 e. The number of methoxy groups -OCH3 is 1. The van der Waals surface area contributed by atoms with Gasteiger partial charge in [-0.25, -0.2) is 4.98 Å². The molecule has 2 rings (SSSR count). The second-order valence-electron chi connectivity index (χ2n) is 3.18. The van der Waals surface area contributed by atoms with E-state index in [0.29, 0.717) is 11.6 Å². The van der Waals surface area contributed by atoms with Crippen molar-refractivity contribution in [2.45, 2.75) is 0 Å². The number of nitrogens with two attached hydrogens (primary N) is 1. The number of hydrogen-bond donors (Lipinski definition) is 1. The number of nitrogen functional groups attached to an aromatic ring is 1. The number of hydrogen-bond acceptors (Lipinski definition) is 3. The molecule has 15 heavy (non-hydrogen) atoms. The molecule has 0 saturated heterocycles. The summed E-state index contributed by atoms with van der Waals surface area (Å²) in [6.45, 7) is 0. The van der Waals surface area contributed by atoms with Gasteiger partial charge in [0.15, 0.2) is 11.6 Å². The van der Waals surface area contributed by atoms with Crippen molar-refractivity contribution in [2.24, 2.45) is 0 Å². The summed E-state index contributed by atoms with van der Waals surface area (Å²) in [6.07, 6.45) is 1.74. The average Bonchev–Trinajstić information content (AvgIpc) is 2.31. The zero-order chi connectivity index (χ0) is 10.7. The van der Waals surface area contributed by atoms with Crippen LogP contribution in [0.15, 0.2) is 42.6 Å². The first-order valence-corrected chi connectivity index (χ1v) is 4.66. The highest BCUT2D eigenvalue weighted by Crippen LogP contribution is 2.26. The second kappa shape index (κ2) is 4.00. The lowest BCUT2D eigenvalue weighted by Gasteiger charge is -2.06. The van der Waals surface area contributed by atoms with E-state index in [2.05, 4.69) is 4.98 Å². The second-order valence-corrected chi connectivity index (χ2v) is 3.18. The number of aromatic nitrogens is 1. The van der Waals surface area contributed by atoms with Gasteiger partial charge in [-0.05, 0) is 11.6 Å². The molecular weight excluding hydrogens is 188 g/mol. The number of nitrogens with zero attached hydrogens (tertiary/aromatic N) is 1. The van der Waals surface area contributed by atoms with Crippen LogP contribution in [0.3, 0.4) is 0 Å². The molecule has 76 valence electrons. The fourth-order valence-corrected chi connectivity index (χ4v) is 1.41. The van der Waals surface area contributed by atoms with Crippen LogP contribution in [-0.2, 0) is 0 Å². The topological polar surface area (TPSA) is 48.1 Å². The van der Waals surface area contributed by atoms with E-state index in [1.165, 1.54) is 0 Å². The molecule has 0 unspecified atom stereocenters. The van der Waals surface area contributed by atoms with Gasteiger partial charge >= 0.3 is 0 Å². The fourth-order valence-electron chi connectivity index (χ4n) is 1.41. The van der Waals surface area contributed by atoms with Gasteiger partial charge in [-0.2, -0.15) is 0 Å². The number of ether oxygens (including phenoxy) is 1. The summed E-state index contributed by atoms with van der Waals surface area (Å²) < 4.78 is 5.12. The third-order valence-corrected chi connectivity index (χ3v) is 2.21. The molecular formula is C12H12N2O. The largest absolute Gasteiger partial charge is 0.493 e. The quantitative estimate of drug-likeness (QED) is 0.809. The fraction of sp³-hybridized carbons (Fsp3) is 0.0833. The Balaban J connectivity index is 2.46. The van der Waals surface area contributed by atoms with E-state index in [1.807, 2.05) is 36.4 Å². The summed E-state index contributed by atoms with van der Waals surface area (Å²) >= 11 is 0. The van der Waals surface area contributed by atoms with Crippen LogP contribution in [0.5, 0.6) is 5.75 Å². The molecule has 2 N–H and O–H groups in total. The van der Waals surface area contributed by atoms with Gasteiger partial charge in [-0.15, -0.1) is 0 Å². The molecule has 2 aromatic rings. The Kier molecular flexibility index (Phi) is 2.54. The summed E-state index contributed by atoms with van der Waals surface area (Å²) in [5, 5.41) is 0. The Morgan fingerprint density at radius 2 is 1.87 bits per heavy atom. The number of anilines is 1. The molecule has 3 heteroatoms. The van der Waals surface area contributed by atoms with Crippen LogP contribution in [0.2, 0.25) is 0 Å². The van der Waals surface area contributed by atoms with E-state index in [0.717, 1.165) is 11.1 Å². The van der Waals surface area contributed by atoms with E-state index in [9.17, 15) is 0 Å². The molecule has 0 fully saturated rings. The van der Waals surface area contributed by atoms with E-state index < -0.39 is 0 Å². The first-order chi connectivity index (χ1) is 7.31. The summed E-state index contributed by atoms with van der Waals surface area (Å²) in [5.74, 6) is 1.02. The third-order valence-electron chi connectivity index (χ3n) is 2.21. The van der Waals surface area contributed by atoms with Crippen LogP contribution in [-0.4, -0.2) is 12.1 Å². The van der Waals surface area contributed by atoms with Gasteiger partial charge < -0.3 is 10.5 Å². The molecule has 0 amide bonds. The van der Waals surface area contributed by atoms with Crippen LogP contribution < -0.4 is 10.5 Å². The highest BCUT2D eigenvalue weighted by Gasteiger charge is 2.03. The normalized spacial score (nSPS) is 9.93. The molecule has 0 saturated carbocycles. The van der Waals surface area contributed by atoms with Crippen molar-refractivity contribution in [3.63, 3.8) is 0 Å². The summed E-state index contributed by atoms with van der Waals surface area (Å²) in [4.78, 5) is 4.08. The Morgan fingerprint density at radius 3 is 2.53 bits per heavy atom. The number of pyridine rings is 1. The molecule has 0 spiro atoms.